The summed E-state index contributed by atoms with van der Waals surface area (Å²) < 4.78 is 1.78. The quantitative estimate of drug-likeness (QED) is 0.799. The largest absolute Gasteiger partial charge is 0.397 e. The molecule has 0 bridgehead atoms. The Kier molecular flexibility index (Phi) is 2.48. The van der Waals surface area contributed by atoms with Crippen LogP contribution in [-0.2, 0) is 0 Å². The second kappa shape index (κ2) is 4.00. The number of piperidine rings is 1. The molecule has 90 valence electrons. The Bertz CT molecular complexity index is 525. The van der Waals surface area contributed by atoms with Gasteiger partial charge in [0, 0.05) is 5.92 Å². The number of rotatable bonds is 1. The maximum Gasteiger partial charge on any atom is 0.155 e. The molecule has 2 N–H and O–H groups in total. The van der Waals surface area contributed by atoms with Crippen LogP contribution >= 0.6 is 0 Å². The fraction of sp³-hybridized carbons (Fsp3) is 0.500. The van der Waals surface area contributed by atoms with Crippen molar-refractivity contribution in [3.8, 4) is 0 Å². The minimum Gasteiger partial charge on any atom is -0.397 e. The molecule has 17 heavy (non-hydrogen) atoms. The molecule has 0 atom stereocenters. The molecule has 0 aliphatic carbocycles. The third kappa shape index (κ3) is 1.98. The van der Waals surface area contributed by atoms with Crippen molar-refractivity contribution in [2.75, 3.05) is 25.9 Å². The molecule has 0 radical (unpaired) electrons. The number of aromatic nitrogens is 3. The summed E-state index contributed by atoms with van der Waals surface area (Å²) in [6.45, 7) is 2.25. The Labute approximate surface area is 100 Å². The molecule has 1 fully saturated rings. The first-order valence-corrected chi connectivity index (χ1v) is 6.03. The number of hydrogen-bond acceptors (Lipinski definition) is 4. The number of nitrogens with zero attached hydrogens (tertiary/aromatic N) is 4. The zero-order valence-electron chi connectivity index (χ0n) is 10.0. The second-order valence-electron chi connectivity index (χ2n) is 4.81. The van der Waals surface area contributed by atoms with E-state index in [0.717, 1.165) is 43.1 Å². The van der Waals surface area contributed by atoms with Crippen molar-refractivity contribution in [3.63, 3.8) is 0 Å². The first kappa shape index (κ1) is 10.5. The van der Waals surface area contributed by atoms with E-state index < -0.39 is 0 Å². The van der Waals surface area contributed by atoms with Gasteiger partial charge in [-0.2, -0.15) is 5.10 Å². The van der Waals surface area contributed by atoms with E-state index >= 15 is 0 Å². The van der Waals surface area contributed by atoms with Gasteiger partial charge in [-0.15, -0.1) is 0 Å². The standard InChI is InChI=1S/C12H17N5/c1-16-6-4-9(5-7-16)12-14-11-3-2-10(13)8-17(11)15-12/h2-3,8-9H,4-7,13H2,1H3. The lowest BCUT2D eigenvalue weighted by molar-refractivity contribution is 0.251. The topological polar surface area (TPSA) is 59.5 Å². The lowest BCUT2D eigenvalue weighted by atomic mass is 9.97. The van der Waals surface area contributed by atoms with Gasteiger partial charge in [-0.25, -0.2) is 9.50 Å². The fourth-order valence-corrected chi connectivity index (χ4v) is 2.36. The summed E-state index contributed by atoms with van der Waals surface area (Å²) in [5.41, 5.74) is 7.34. The highest BCUT2D eigenvalue weighted by molar-refractivity contribution is 5.46. The zero-order valence-corrected chi connectivity index (χ0v) is 10.0. The Hall–Kier alpha value is -1.62. The lowest BCUT2D eigenvalue weighted by Crippen LogP contribution is -2.29. The Morgan fingerprint density at radius 1 is 1.29 bits per heavy atom. The SMILES string of the molecule is CN1CCC(c2nc3ccc(N)cn3n2)CC1. The van der Waals surface area contributed by atoms with Crippen LogP contribution in [0.4, 0.5) is 5.69 Å². The third-order valence-electron chi connectivity index (χ3n) is 3.45. The fourth-order valence-electron chi connectivity index (χ4n) is 2.36. The van der Waals surface area contributed by atoms with Gasteiger partial charge in [0.1, 0.15) is 0 Å². The summed E-state index contributed by atoms with van der Waals surface area (Å²) in [6.07, 6.45) is 4.10. The van der Waals surface area contributed by atoms with Crippen LogP contribution in [0.1, 0.15) is 24.6 Å². The number of pyridine rings is 1. The number of nitrogens with two attached hydrogens (primary N) is 1. The molecular formula is C12H17N5. The molecule has 3 heterocycles. The molecule has 2 aromatic rings. The summed E-state index contributed by atoms with van der Waals surface area (Å²) in [5, 5.41) is 4.53. The van der Waals surface area contributed by atoms with E-state index in [2.05, 4.69) is 22.0 Å². The van der Waals surface area contributed by atoms with Crippen LogP contribution < -0.4 is 5.73 Å². The minimum absolute atomic E-state index is 0.493. The third-order valence-corrected chi connectivity index (χ3v) is 3.45. The van der Waals surface area contributed by atoms with Crippen molar-refractivity contribution in [2.45, 2.75) is 18.8 Å². The number of anilines is 1. The highest BCUT2D eigenvalue weighted by Crippen LogP contribution is 2.25. The van der Waals surface area contributed by atoms with Gasteiger partial charge >= 0.3 is 0 Å². The van der Waals surface area contributed by atoms with Gasteiger partial charge in [-0.3, -0.25) is 0 Å². The molecule has 1 aliphatic heterocycles. The average molecular weight is 231 g/mol. The smallest absolute Gasteiger partial charge is 0.155 e. The molecule has 1 aliphatic rings. The number of hydrogen-bond donors (Lipinski definition) is 1. The van der Waals surface area contributed by atoms with Crippen LogP contribution in [0.5, 0.6) is 0 Å². The van der Waals surface area contributed by atoms with Crippen LogP contribution in [0.25, 0.3) is 5.65 Å². The van der Waals surface area contributed by atoms with Crippen molar-refractivity contribution in [2.24, 2.45) is 0 Å². The van der Waals surface area contributed by atoms with Crippen LogP contribution in [0.3, 0.4) is 0 Å². The van der Waals surface area contributed by atoms with Gasteiger partial charge in [0.2, 0.25) is 0 Å². The van der Waals surface area contributed by atoms with Crippen molar-refractivity contribution in [1.29, 1.82) is 0 Å². The highest BCUT2D eigenvalue weighted by atomic mass is 15.3. The van der Waals surface area contributed by atoms with Crippen LogP contribution in [-0.4, -0.2) is 39.6 Å². The number of likely N-dealkylation sites (tertiary alicyclic amines) is 1. The Morgan fingerprint density at radius 2 is 2.06 bits per heavy atom. The van der Waals surface area contributed by atoms with Crippen molar-refractivity contribution in [1.82, 2.24) is 19.5 Å². The minimum atomic E-state index is 0.493. The van der Waals surface area contributed by atoms with Gasteiger partial charge in [0.05, 0.1) is 11.9 Å². The molecule has 0 spiro atoms. The molecule has 0 unspecified atom stereocenters. The maximum atomic E-state index is 5.73. The van der Waals surface area contributed by atoms with Gasteiger partial charge in [-0.1, -0.05) is 0 Å². The van der Waals surface area contributed by atoms with E-state index in [0.29, 0.717) is 5.92 Å². The Morgan fingerprint density at radius 3 is 2.82 bits per heavy atom. The number of fused-ring (bicyclic) bond motifs is 1. The molecule has 0 aromatic carbocycles. The van der Waals surface area contributed by atoms with Crippen molar-refractivity contribution >= 4 is 11.3 Å². The van der Waals surface area contributed by atoms with Gasteiger partial charge in [0.15, 0.2) is 11.5 Å². The van der Waals surface area contributed by atoms with Crippen LogP contribution in [0.2, 0.25) is 0 Å². The maximum absolute atomic E-state index is 5.73. The van der Waals surface area contributed by atoms with E-state index in [1.165, 1.54) is 0 Å². The highest BCUT2D eigenvalue weighted by Gasteiger charge is 2.22. The van der Waals surface area contributed by atoms with Crippen molar-refractivity contribution in [3.05, 3.63) is 24.2 Å². The summed E-state index contributed by atoms with van der Waals surface area (Å²) in [6, 6.07) is 3.78. The summed E-state index contributed by atoms with van der Waals surface area (Å²) in [4.78, 5) is 6.93. The molecular weight excluding hydrogens is 214 g/mol. The molecule has 5 nitrogen and oxygen atoms in total. The van der Waals surface area contributed by atoms with Crippen LogP contribution in [0.15, 0.2) is 18.3 Å². The molecule has 5 heteroatoms. The summed E-state index contributed by atoms with van der Waals surface area (Å²) in [5.74, 6) is 1.45. The second-order valence-corrected chi connectivity index (χ2v) is 4.81. The van der Waals surface area contributed by atoms with E-state index in [1.807, 2.05) is 18.3 Å². The Balaban J connectivity index is 1.90. The molecule has 1 saturated heterocycles. The molecule has 3 rings (SSSR count). The summed E-state index contributed by atoms with van der Waals surface area (Å²) >= 11 is 0. The monoisotopic (exact) mass is 231 g/mol. The molecule has 0 amide bonds. The van der Waals surface area contributed by atoms with Gasteiger partial charge in [0.25, 0.3) is 0 Å². The van der Waals surface area contributed by atoms with E-state index in [4.69, 9.17) is 5.73 Å². The van der Waals surface area contributed by atoms with Gasteiger partial charge < -0.3 is 10.6 Å². The predicted octanol–water partition coefficient (Wildman–Crippen LogP) is 1.12. The average Bonchev–Trinajstić information content (AvgIpc) is 2.72. The van der Waals surface area contributed by atoms with Crippen molar-refractivity contribution < 1.29 is 0 Å². The van der Waals surface area contributed by atoms with Gasteiger partial charge in [-0.05, 0) is 45.1 Å². The van der Waals surface area contributed by atoms with Crippen LogP contribution in [0, 0.1) is 0 Å². The molecule has 0 saturated carbocycles. The normalized spacial score (nSPS) is 18.9. The molecule has 2 aromatic heterocycles. The van der Waals surface area contributed by atoms with E-state index in [1.54, 1.807) is 4.52 Å². The first-order chi connectivity index (χ1) is 8.22. The van der Waals surface area contributed by atoms with E-state index in [9.17, 15) is 0 Å². The zero-order chi connectivity index (χ0) is 11.8. The van der Waals surface area contributed by atoms with E-state index in [-0.39, 0.29) is 0 Å². The number of nitrogen functional groups attached to an aromatic ring is 1. The lowest BCUT2D eigenvalue weighted by Gasteiger charge is -2.26. The summed E-state index contributed by atoms with van der Waals surface area (Å²) in [7, 11) is 2.16. The predicted molar refractivity (Wildman–Crippen MR) is 66.9 cm³/mol. The first-order valence-electron chi connectivity index (χ1n) is 6.03.